The third-order valence-corrected chi connectivity index (χ3v) is 5.84. The maximum atomic E-state index is 5.14. The van der Waals surface area contributed by atoms with Gasteiger partial charge in [0.15, 0.2) is 11.8 Å². The van der Waals surface area contributed by atoms with E-state index in [1.165, 1.54) is 0 Å². The molecule has 2 aromatic rings. The molecule has 10 heteroatoms. The molecule has 0 saturated carbocycles. The summed E-state index contributed by atoms with van der Waals surface area (Å²) in [5.41, 5.74) is 1.13. The Morgan fingerprint density at radius 2 is 2.10 bits per heavy atom. The number of likely N-dealkylation sites (N-methyl/N-ethyl adjacent to an activating group) is 1. The van der Waals surface area contributed by atoms with Crippen LogP contribution in [0.25, 0.3) is 0 Å². The molecule has 1 fully saturated rings. The number of hydrogen-bond donors (Lipinski definition) is 2. The maximum absolute atomic E-state index is 5.14. The van der Waals surface area contributed by atoms with Crippen LogP contribution in [0.3, 0.4) is 0 Å². The van der Waals surface area contributed by atoms with E-state index < -0.39 is 0 Å². The van der Waals surface area contributed by atoms with E-state index >= 15 is 0 Å². The molecule has 0 spiro atoms. The van der Waals surface area contributed by atoms with E-state index in [-0.39, 0.29) is 6.04 Å². The number of hydrogen-bond acceptors (Lipinski definition) is 7. The highest BCUT2D eigenvalue weighted by atomic mass is 16.5. The third-order valence-electron chi connectivity index (χ3n) is 5.84. The fourth-order valence-electron chi connectivity index (χ4n) is 3.99. The van der Waals surface area contributed by atoms with Crippen molar-refractivity contribution in [3.05, 3.63) is 35.5 Å². The van der Waals surface area contributed by atoms with Gasteiger partial charge < -0.3 is 25.2 Å². The standard InChI is InChI=1S/C21H33N9O/c1-22-21(25-17-5-7-20-26-18(15-31-3)27-30(20)14-17)24-13-16-4-6-19(23-12-16)29-10-8-28(2)9-11-29/h4,6,12,17H,5,7-11,13-15H2,1-3H3,(H2,22,24,25). The van der Waals surface area contributed by atoms with E-state index in [1.54, 1.807) is 14.2 Å². The summed E-state index contributed by atoms with van der Waals surface area (Å²) in [6.07, 6.45) is 3.84. The lowest BCUT2D eigenvalue weighted by Gasteiger charge is -2.33. The van der Waals surface area contributed by atoms with Gasteiger partial charge in [0, 0.05) is 65.5 Å². The van der Waals surface area contributed by atoms with Crippen LogP contribution < -0.4 is 15.5 Å². The highest BCUT2D eigenvalue weighted by molar-refractivity contribution is 5.79. The zero-order valence-electron chi connectivity index (χ0n) is 18.7. The molecule has 2 aromatic heterocycles. The molecule has 2 aliphatic heterocycles. The van der Waals surface area contributed by atoms with Gasteiger partial charge >= 0.3 is 0 Å². The van der Waals surface area contributed by atoms with Crippen molar-refractivity contribution in [2.24, 2.45) is 4.99 Å². The fraction of sp³-hybridized carbons (Fsp3) is 0.619. The van der Waals surface area contributed by atoms with Crippen LogP contribution in [0.1, 0.15) is 23.6 Å². The number of aryl methyl sites for hydroxylation is 1. The molecule has 0 aromatic carbocycles. The number of nitrogens with one attached hydrogen (secondary N) is 2. The van der Waals surface area contributed by atoms with Crippen LogP contribution in [0.15, 0.2) is 23.3 Å². The van der Waals surface area contributed by atoms with Crippen LogP contribution in [0.4, 0.5) is 5.82 Å². The molecule has 1 atom stereocenters. The predicted molar refractivity (Wildman–Crippen MR) is 120 cm³/mol. The Hall–Kier alpha value is -2.72. The largest absolute Gasteiger partial charge is 0.377 e. The Labute approximate surface area is 183 Å². The highest BCUT2D eigenvalue weighted by Gasteiger charge is 2.22. The van der Waals surface area contributed by atoms with Gasteiger partial charge in [0.2, 0.25) is 0 Å². The topological polar surface area (TPSA) is 95.7 Å². The number of rotatable bonds is 6. The summed E-state index contributed by atoms with van der Waals surface area (Å²) < 4.78 is 7.12. The second-order valence-corrected chi connectivity index (χ2v) is 8.18. The minimum absolute atomic E-state index is 0.258. The number of anilines is 1. The number of aromatic nitrogens is 4. The van der Waals surface area contributed by atoms with Crippen molar-refractivity contribution < 1.29 is 4.74 Å². The van der Waals surface area contributed by atoms with E-state index in [1.807, 2.05) is 10.9 Å². The van der Waals surface area contributed by atoms with E-state index in [4.69, 9.17) is 4.74 Å². The number of fused-ring (bicyclic) bond motifs is 1. The predicted octanol–water partition coefficient (Wildman–Crippen LogP) is 0.251. The molecule has 0 bridgehead atoms. The molecule has 10 nitrogen and oxygen atoms in total. The molecule has 168 valence electrons. The average Bonchev–Trinajstić information content (AvgIpc) is 3.19. The SMILES string of the molecule is CN=C(NCc1ccc(N2CCN(C)CC2)nc1)NC1CCc2nc(COC)nn2C1. The van der Waals surface area contributed by atoms with E-state index in [2.05, 4.69) is 59.7 Å². The molecule has 1 saturated heterocycles. The van der Waals surface area contributed by atoms with Gasteiger partial charge in [0.25, 0.3) is 0 Å². The first-order valence-electron chi connectivity index (χ1n) is 10.9. The van der Waals surface area contributed by atoms with Gasteiger partial charge in [0.05, 0.1) is 6.54 Å². The Balaban J connectivity index is 1.27. The van der Waals surface area contributed by atoms with Crippen molar-refractivity contribution in [2.75, 3.05) is 52.3 Å². The number of piperazine rings is 1. The number of pyridine rings is 1. The Morgan fingerprint density at radius 1 is 1.26 bits per heavy atom. The molecule has 1 unspecified atom stereocenters. The van der Waals surface area contributed by atoms with Crippen molar-refractivity contribution in [3.8, 4) is 0 Å². The van der Waals surface area contributed by atoms with Gasteiger partial charge in [-0.15, -0.1) is 0 Å². The lowest BCUT2D eigenvalue weighted by molar-refractivity contribution is 0.177. The second-order valence-electron chi connectivity index (χ2n) is 8.18. The molecule has 31 heavy (non-hydrogen) atoms. The molecule has 2 aliphatic rings. The summed E-state index contributed by atoms with van der Waals surface area (Å²) in [7, 11) is 5.62. The van der Waals surface area contributed by atoms with Crippen molar-refractivity contribution in [1.82, 2.24) is 35.3 Å². The minimum Gasteiger partial charge on any atom is -0.377 e. The van der Waals surface area contributed by atoms with Gasteiger partial charge in [-0.25, -0.2) is 14.6 Å². The van der Waals surface area contributed by atoms with Gasteiger partial charge in [-0.2, -0.15) is 5.10 Å². The summed E-state index contributed by atoms with van der Waals surface area (Å²) in [4.78, 5) is 18.3. The summed E-state index contributed by atoms with van der Waals surface area (Å²) >= 11 is 0. The van der Waals surface area contributed by atoms with Gasteiger partial charge in [0.1, 0.15) is 18.2 Å². The zero-order chi connectivity index (χ0) is 21.6. The van der Waals surface area contributed by atoms with Crippen LogP contribution in [0.5, 0.6) is 0 Å². The number of nitrogens with zero attached hydrogens (tertiary/aromatic N) is 7. The van der Waals surface area contributed by atoms with E-state index in [0.717, 1.165) is 74.6 Å². The highest BCUT2D eigenvalue weighted by Crippen LogP contribution is 2.15. The van der Waals surface area contributed by atoms with Gasteiger partial charge in [-0.05, 0) is 25.1 Å². The lowest BCUT2D eigenvalue weighted by Crippen LogP contribution is -2.46. The summed E-state index contributed by atoms with van der Waals surface area (Å²) in [6.45, 7) is 6.11. The van der Waals surface area contributed by atoms with Crippen molar-refractivity contribution >= 4 is 11.8 Å². The maximum Gasteiger partial charge on any atom is 0.191 e. The smallest absolute Gasteiger partial charge is 0.191 e. The van der Waals surface area contributed by atoms with E-state index in [0.29, 0.717) is 13.2 Å². The van der Waals surface area contributed by atoms with Crippen molar-refractivity contribution in [1.29, 1.82) is 0 Å². The van der Waals surface area contributed by atoms with Gasteiger partial charge in [-0.1, -0.05) is 6.07 Å². The number of methoxy groups -OCH3 is 1. The average molecular weight is 428 g/mol. The monoisotopic (exact) mass is 427 g/mol. The van der Waals surface area contributed by atoms with Gasteiger partial charge in [-0.3, -0.25) is 4.99 Å². The molecular weight excluding hydrogens is 394 g/mol. The molecule has 0 radical (unpaired) electrons. The second kappa shape index (κ2) is 10.1. The first-order chi connectivity index (χ1) is 15.1. The molecule has 0 amide bonds. The normalized spacial score (nSPS) is 19.9. The van der Waals surface area contributed by atoms with Crippen molar-refractivity contribution in [2.45, 2.75) is 38.6 Å². The molecule has 4 rings (SSSR count). The molecular formula is C21H33N9O. The van der Waals surface area contributed by atoms with Crippen molar-refractivity contribution in [3.63, 3.8) is 0 Å². The van der Waals surface area contributed by atoms with Crippen LogP contribution >= 0.6 is 0 Å². The zero-order valence-corrected chi connectivity index (χ0v) is 18.7. The van der Waals surface area contributed by atoms with Crippen LogP contribution in [-0.2, 0) is 30.9 Å². The summed E-state index contributed by atoms with van der Waals surface area (Å²) in [6, 6.07) is 4.51. The van der Waals surface area contributed by atoms with Crippen LogP contribution in [0, 0.1) is 0 Å². The molecule has 4 heterocycles. The van der Waals surface area contributed by atoms with E-state index in [9.17, 15) is 0 Å². The minimum atomic E-state index is 0.258. The summed E-state index contributed by atoms with van der Waals surface area (Å²) in [5, 5.41) is 11.4. The molecule has 0 aliphatic carbocycles. The Bertz CT molecular complexity index is 871. The quantitative estimate of drug-likeness (QED) is 0.500. The first kappa shape index (κ1) is 21.5. The lowest BCUT2D eigenvalue weighted by atomic mass is 10.1. The Kier molecular flexibility index (Phi) is 6.98. The van der Waals surface area contributed by atoms with Crippen LogP contribution in [0.2, 0.25) is 0 Å². The third kappa shape index (κ3) is 5.50. The number of aliphatic imine (C=N–C) groups is 1. The number of ether oxygens (including phenoxy) is 1. The fourth-order valence-corrected chi connectivity index (χ4v) is 3.99. The summed E-state index contributed by atoms with van der Waals surface area (Å²) in [5.74, 6) is 3.61. The number of guanidine groups is 1. The molecule has 2 N–H and O–H groups in total. The Morgan fingerprint density at radius 3 is 2.81 bits per heavy atom. The first-order valence-corrected chi connectivity index (χ1v) is 10.9. The van der Waals surface area contributed by atoms with Crippen LogP contribution in [-0.4, -0.2) is 84.0 Å².